The standard InChI is InChI=1S/C12H10ClN3O/c1-8-4-2-3-5-9(8)12(17)16-11-7-14-6-10(13)15-11/h2-7H,1H3,(H,15,16,17). The van der Waals surface area contributed by atoms with E-state index in [1.807, 2.05) is 25.1 Å². The van der Waals surface area contributed by atoms with E-state index in [9.17, 15) is 4.79 Å². The first-order chi connectivity index (χ1) is 8.16. The summed E-state index contributed by atoms with van der Waals surface area (Å²) in [7, 11) is 0. The number of benzene rings is 1. The van der Waals surface area contributed by atoms with Crippen LogP contribution < -0.4 is 5.32 Å². The molecular weight excluding hydrogens is 238 g/mol. The van der Waals surface area contributed by atoms with Crippen LogP contribution in [0.4, 0.5) is 5.82 Å². The van der Waals surface area contributed by atoms with Crippen molar-refractivity contribution in [1.82, 2.24) is 9.97 Å². The number of nitrogens with zero attached hydrogens (tertiary/aromatic N) is 2. The fourth-order valence-corrected chi connectivity index (χ4v) is 1.56. The Balaban J connectivity index is 2.20. The maximum atomic E-state index is 11.9. The minimum atomic E-state index is -0.223. The normalized spacial score (nSPS) is 10.0. The van der Waals surface area contributed by atoms with Crippen LogP contribution in [0.15, 0.2) is 36.7 Å². The van der Waals surface area contributed by atoms with Gasteiger partial charge in [0.05, 0.1) is 12.4 Å². The molecule has 0 saturated heterocycles. The molecule has 1 N–H and O–H groups in total. The molecule has 0 atom stereocenters. The Bertz CT molecular complexity index is 557. The van der Waals surface area contributed by atoms with Crippen molar-refractivity contribution in [2.24, 2.45) is 0 Å². The van der Waals surface area contributed by atoms with Gasteiger partial charge in [-0.2, -0.15) is 0 Å². The lowest BCUT2D eigenvalue weighted by Gasteiger charge is -2.06. The van der Waals surface area contributed by atoms with Crippen molar-refractivity contribution in [2.45, 2.75) is 6.92 Å². The lowest BCUT2D eigenvalue weighted by Crippen LogP contribution is -2.14. The van der Waals surface area contributed by atoms with Gasteiger partial charge in [-0.3, -0.25) is 9.78 Å². The number of carbonyl (C=O) groups is 1. The molecule has 4 nitrogen and oxygen atoms in total. The molecule has 2 rings (SSSR count). The number of anilines is 1. The van der Waals surface area contributed by atoms with Crippen LogP contribution in [0.2, 0.25) is 5.15 Å². The van der Waals surface area contributed by atoms with Crippen molar-refractivity contribution >= 4 is 23.3 Å². The summed E-state index contributed by atoms with van der Waals surface area (Å²) < 4.78 is 0. The molecule has 0 bridgehead atoms. The highest BCUT2D eigenvalue weighted by Gasteiger charge is 2.09. The molecule has 1 aromatic heterocycles. The van der Waals surface area contributed by atoms with Crippen molar-refractivity contribution in [3.63, 3.8) is 0 Å². The third-order valence-electron chi connectivity index (χ3n) is 2.24. The van der Waals surface area contributed by atoms with Gasteiger partial charge in [0.1, 0.15) is 5.15 Å². The zero-order valence-corrected chi connectivity index (χ0v) is 9.90. The van der Waals surface area contributed by atoms with Crippen molar-refractivity contribution in [2.75, 3.05) is 5.32 Å². The first kappa shape index (κ1) is 11.5. The molecule has 17 heavy (non-hydrogen) atoms. The van der Waals surface area contributed by atoms with Gasteiger partial charge in [-0.1, -0.05) is 29.8 Å². The molecule has 0 aliphatic rings. The maximum Gasteiger partial charge on any atom is 0.257 e. The lowest BCUT2D eigenvalue weighted by molar-refractivity contribution is 0.102. The summed E-state index contributed by atoms with van der Waals surface area (Å²) in [5, 5.41) is 2.89. The predicted octanol–water partition coefficient (Wildman–Crippen LogP) is 2.69. The maximum absolute atomic E-state index is 11.9. The van der Waals surface area contributed by atoms with E-state index < -0.39 is 0 Å². The summed E-state index contributed by atoms with van der Waals surface area (Å²) in [6.07, 6.45) is 2.85. The zero-order valence-electron chi connectivity index (χ0n) is 9.14. The minimum absolute atomic E-state index is 0.223. The average molecular weight is 248 g/mol. The van der Waals surface area contributed by atoms with E-state index in [-0.39, 0.29) is 11.1 Å². The van der Waals surface area contributed by atoms with Crippen LogP contribution in [0.5, 0.6) is 0 Å². The van der Waals surface area contributed by atoms with Crippen LogP contribution in [0, 0.1) is 6.92 Å². The van der Waals surface area contributed by atoms with Crippen LogP contribution in [0.1, 0.15) is 15.9 Å². The summed E-state index contributed by atoms with van der Waals surface area (Å²) in [5.74, 6) is 0.116. The molecule has 0 unspecified atom stereocenters. The van der Waals surface area contributed by atoms with Crippen LogP contribution >= 0.6 is 11.6 Å². The van der Waals surface area contributed by atoms with Crippen molar-refractivity contribution in [3.05, 3.63) is 52.9 Å². The van der Waals surface area contributed by atoms with Gasteiger partial charge in [-0.05, 0) is 18.6 Å². The number of carbonyl (C=O) groups excluding carboxylic acids is 1. The quantitative estimate of drug-likeness (QED) is 0.888. The number of nitrogens with one attached hydrogen (secondary N) is 1. The van der Waals surface area contributed by atoms with E-state index in [2.05, 4.69) is 15.3 Å². The van der Waals surface area contributed by atoms with E-state index in [4.69, 9.17) is 11.6 Å². The van der Waals surface area contributed by atoms with Crippen LogP contribution in [0.25, 0.3) is 0 Å². The number of hydrogen-bond acceptors (Lipinski definition) is 3. The summed E-state index contributed by atoms with van der Waals surface area (Å²) in [6.45, 7) is 1.87. The van der Waals surface area contributed by atoms with Crippen LogP contribution in [0.3, 0.4) is 0 Å². The molecule has 0 saturated carbocycles. The molecular formula is C12H10ClN3O. The number of hydrogen-bond donors (Lipinski definition) is 1. The van der Waals surface area contributed by atoms with Gasteiger partial charge in [0.15, 0.2) is 5.82 Å². The Morgan fingerprint density at radius 1 is 1.29 bits per heavy atom. The van der Waals surface area contributed by atoms with Gasteiger partial charge < -0.3 is 5.32 Å². The Hall–Kier alpha value is -1.94. The minimum Gasteiger partial charge on any atom is -0.305 e. The van der Waals surface area contributed by atoms with Crippen molar-refractivity contribution in [3.8, 4) is 0 Å². The Labute approximate surface area is 104 Å². The van der Waals surface area contributed by atoms with Gasteiger partial charge in [0.25, 0.3) is 5.91 Å². The summed E-state index contributed by atoms with van der Waals surface area (Å²) in [5.41, 5.74) is 1.51. The fourth-order valence-electron chi connectivity index (χ4n) is 1.41. The third kappa shape index (κ3) is 2.79. The number of halogens is 1. The highest BCUT2D eigenvalue weighted by molar-refractivity contribution is 6.29. The van der Waals surface area contributed by atoms with Crippen molar-refractivity contribution in [1.29, 1.82) is 0 Å². The predicted molar refractivity (Wildman–Crippen MR) is 66.2 cm³/mol. The molecule has 0 fully saturated rings. The molecule has 0 radical (unpaired) electrons. The van der Waals surface area contributed by atoms with E-state index in [1.165, 1.54) is 12.4 Å². The van der Waals surface area contributed by atoms with Gasteiger partial charge in [-0.25, -0.2) is 4.98 Å². The molecule has 0 spiro atoms. The fraction of sp³-hybridized carbons (Fsp3) is 0.0833. The monoisotopic (exact) mass is 247 g/mol. The van der Waals surface area contributed by atoms with E-state index in [0.29, 0.717) is 11.4 Å². The van der Waals surface area contributed by atoms with E-state index in [0.717, 1.165) is 5.56 Å². The average Bonchev–Trinajstić information content (AvgIpc) is 2.29. The van der Waals surface area contributed by atoms with Gasteiger partial charge in [0, 0.05) is 5.56 Å². The second-order valence-corrected chi connectivity index (χ2v) is 3.88. The number of aromatic nitrogens is 2. The molecule has 2 aromatic rings. The molecule has 1 amide bonds. The summed E-state index contributed by atoms with van der Waals surface area (Å²) >= 11 is 5.68. The zero-order chi connectivity index (χ0) is 12.3. The molecule has 0 aliphatic heterocycles. The van der Waals surface area contributed by atoms with Gasteiger partial charge in [-0.15, -0.1) is 0 Å². The highest BCUT2D eigenvalue weighted by atomic mass is 35.5. The first-order valence-corrected chi connectivity index (χ1v) is 5.39. The topological polar surface area (TPSA) is 54.9 Å². The van der Waals surface area contributed by atoms with Gasteiger partial charge in [0.2, 0.25) is 0 Å². The van der Waals surface area contributed by atoms with E-state index in [1.54, 1.807) is 6.07 Å². The highest BCUT2D eigenvalue weighted by Crippen LogP contribution is 2.11. The Morgan fingerprint density at radius 2 is 2.06 bits per heavy atom. The molecule has 86 valence electrons. The number of amides is 1. The molecule has 0 aliphatic carbocycles. The van der Waals surface area contributed by atoms with Crippen molar-refractivity contribution < 1.29 is 4.79 Å². The SMILES string of the molecule is Cc1ccccc1C(=O)Nc1cncc(Cl)n1. The molecule has 1 heterocycles. The molecule has 5 heteroatoms. The second kappa shape index (κ2) is 4.93. The largest absolute Gasteiger partial charge is 0.305 e. The third-order valence-corrected chi connectivity index (χ3v) is 2.42. The number of aryl methyl sites for hydroxylation is 1. The molecule has 1 aromatic carbocycles. The Morgan fingerprint density at radius 3 is 2.76 bits per heavy atom. The van der Waals surface area contributed by atoms with E-state index >= 15 is 0 Å². The van der Waals surface area contributed by atoms with Gasteiger partial charge >= 0.3 is 0 Å². The first-order valence-electron chi connectivity index (χ1n) is 5.01. The Kier molecular flexibility index (Phi) is 3.35. The summed E-state index contributed by atoms with van der Waals surface area (Å²) in [4.78, 5) is 19.7. The van der Waals surface area contributed by atoms with Crippen LogP contribution in [-0.4, -0.2) is 15.9 Å². The summed E-state index contributed by atoms with van der Waals surface area (Å²) in [6, 6.07) is 7.32. The second-order valence-electron chi connectivity index (χ2n) is 3.50. The lowest BCUT2D eigenvalue weighted by atomic mass is 10.1. The smallest absolute Gasteiger partial charge is 0.257 e. The van der Waals surface area contributed by atoms with Crippen LogP contribution in [-0.2, 0) is 0 Å². The number of rotatable bonds is 2.